The highest BCUT2D eigenvalue weighted by Crippen LogP contribution is 2.26. The number of hydrogen-bond acceptors (Lipinski definition) is 6. The molecule has 0 aliphatic carbocycles. The van der Waals surface area contributed by atoms with Gasteiger partial charge in [0.15, 0.2) is 0 Å². The maximum absolute atomic E-state index is 11.9. The van der Waals surface area contributed by atoms with Gasteiger partial charge in [-0.25, -0.2) is 9.78 Å². The van der Waals surface area contributed by atoms with Gasteiger partial charge in [0.2, 0.25) is 0 Å². The molecule has 0 saturated carbocycles. The number of aromatic amines is 1. The summed E-state index contributed by atoms with van der Waals surface area (Å²) in [7, 11) is 0. The van der Waals surface area contributed by atoms with E-state index in [0.717, 1.165) is 0 Å². The lowest BCUT2D eigenvalue weighted by Gasteiger charge is -2.13. The minimum Gasteiger partial charge on any atom is -0.394 e. The fourth-order valence-corrected chi connectivity index (χ4v) is 2.58. The Morgan fingerprint density at radius 2 is 2.24 bits per heavy atom. The molecule has 2 N–H and O–H groups in total. The van der Waals surface area contributed by atoms with Crippen LogP contribution in [0.2, 0.25) is 0 Å². The Bertz CT molecular complexity index is 712. The molecule has 0 atom stereocenters. The van der Waals surface area contributed by atoms with Gasteiger partial charge in [-0.3, -0.25) is 14.3 Å². The summed E-state index contributed by atoms with van der Waals surface area (Å²) >= 11 is 1.22. The van der Waals surface area contributed by atoms with Gasteiger partial charge in [-0.1, -0.05) is 17.8 Å². The number of aromatic nitrogens is 3. The summed E-state index contributed by atoms with van der Waals surface area (Å²) in [5.41, 5.74) is -0.573. The standard InChI is InChI=1S/C13H15N3O4S/c1-9-11(18)15-13(19)16(8-20-7-6-17)12(9)21-10-4-2-3-5-14-10/h2-5,17H,6-8H2,1H3,(H,15,18,19). The van der Waals surface area contributed by atoms with Gasteiger partial charge in [0.25, 0.3) is 5.56 Å². The molecular weight excluding hydrogens is 294 g/mol. The summed E-state index contributed by atoms with van der Waals surface area (Å²) < 4.78 is 6.49. The predicted molar refractivity (Wildman–Crippen MR) is 77.5 cm³/mol. The van der Waals surface area contributed by atoms with Crippen molar-refractivity contribution >= 4 is 11.8 Å². The number of H-pyrrole nitrogens is 1. The van der Waals surface area contributed by atoms with Crippen LogP contribution >= 0.6 is 11.8 Å². The number of rotatable bonds is 6. The Balaban J connectivity index is 2.41. The van der Waals surface area contributed by atoms with E-state index in [1.807, 2.05) is 6.07 Å². The molecule has 0 radical (unpaired) electrons. The number of hydrogen-bond donors (Lipinski definition) is 2. The summed E-state index contributed by atoms with van der Waals surface area (Å²) in [6.45, 7) is 1.55. The van der Waals surface area contributed by atoms with E-state index in [4.69, 9.17) is 9.84 Å². The molecule has 21 heavy (non-hydrogen) atoms. The highest BCUT2D eigenvalue weighted by atomic mass is 32.2. The van der Waals surface area contributed by atoms with Gasteiger partial charge in [-0.05, 0) is 19.1 Å². The van der Waals surface area contributed by atoms with Crippen LogP contribution in [-0.4, -0.2) is 32.9 Å². The summed E-state index contributed by atoms with van der Waals surface area (Å²) in [6, 6.07) is 5.39. The average molecular weight is 309 g/mol. The summed E-state index contributed by atoms with van der Waals surface area (Å²) in [5, 5.41) is 9.87. The fourth-order valence-electron chi connectivity index (χ4n) is 1.63. The van der Waals surface area contributed by atoms with Crippen molar-refractivity contribution in [3.8, 4) is 0 Å². The van der Waals surface area contributed by atoms with Crippen molar-refractivity contribution in [3.05, 3.63) is 50.8 Å². The number of aliphatic hydroxyl groups excluding tert-OH is 1. The predicted octanol–water partition coefficient (Wildman–Crippen LogP) is 0.358. The molecule has 0 aliphatic heterocycles. The van der Waals surface area contributed by atoms with E-state index in [9.17, 15) is 9.59 Å². The minimum atomic E-state index is -0.554. The van der Waals surface area contributed by atoms with Gasteiger partial charge in [0.1, 0.15) is 11.8 Å². The van der Waals surface area contributed by atoms with Crippen molar-refractivity contribution in [2.24, 2.45) is 0 Å². The van der Waals surface area contributed by atoms with Gasteiger partial charge < -0.3 is 9.84 Å². The smallest absolute Gasteiger partial charge is 0.331 e. The zero-order chi connectivity index (χ0) is 15.2. The van der Waals surface area contributed by atoms with E-state index in [0.29, 0.717) is 15.6 Å². The summed E-state index contributed by atoms with van der Waals surface area (Å²) in [6.07, 6.45) is 1.63. The lowest BCUT2D eigenvalue weighted by atomic mass is 10.4. The highest BCUT2D eigenvalue weighted by Gasteiger charge is 2.13. The molecular formula is C13H15N3O4S. The Labute approximate surface area is 124 Å². The molecule has 7 nitrogen and oxygen atoms in total. The first kappa shape index (κ1) is 15.5. The number of pyridine rings is 1. The molecule has 0 saturated heterocycles. The maximum atomic E-state index is 11.9. The fraction of sp³-hybridized carbons (Fsp3) is 0.308. The van der Waals surface area contributed by atoms with Gasteiger partial charge in [0, 0.05) is 11.8 Å². The quantitative estimate of drug-likeness (QED) is 0.590. The lowest BCUT2D eigenvalue weighted by Crippen LogP contribution is -2.33. The second-order valence-corrected chi connectivity index (χ2v) is 5.16. The summed E-state index contributed by atoms with van der Waals surface area (Å²) in [5.74, 6) is 0. The molecule has 2 aromatic rings. The van der Waals surface area contributed by atoms with Crippen molar-refractivity contribution in [3.63, 3.8) is 0 Å². The first-order valence-electron chi connectivity index (χ1n) is 6.24. The third kappa shape index (κ3) is 3.81. The molecule has 0 aliphatic rings. The number of ether oxygens (including phenoxy) is 1. The third-order valence-electron chi connectivity index (χ3n) is 2.67. The molecule has 0 spiro atoms. The van der Waals surface area contributed by atoms with Crippen LogP contribution in [0.1, 0.15) is 5.56 Å². The van der Waals surface area contributed by atoms with E-state index >= 15 is 0 Å². The Kier molecular flexibility index (Phi) is 5.32. The Hall–Kier alpha value is -1.90. The van der Waals surface area contributed by atoms with Crippen LogP contribution in [-0.2, 0) is 11.5 Å². The molecule has 0 bridgehead atoms. The number of nitrogens with zero attached hydrogens (tertiary/aromatic N) is 2. The maximum Gasteiger partial charge on any atom is 0.331 e. The first-order chi connectivity index (χ1) is 10.1. The molecule has 2 heterocycles. The topological polar surface area (TPSA) is 97.2 Å². The summed E-state index contributed by atoms with van der Waals surface area (Å²) in [4.78, 5) is 30.1. The first-order valence-corrected chi connectivity index (χ1v) is 7.06. The van der Waals surface area contributed by atoms with Crippen molar-refractivity contribution in [1.29, 1.82) is 0 Å². The third-order valence-corrected chi connectivity index (χ3v) is 3.84. The largest absolute Gasteiger partial charge is 0.394 e. The minimum absolute atomic E-state index is 0.0494. The van der Waals surface area contributed by atoms with Crippen LogP contribution in [0.3, 0.4) is 0 Å². The van der Waals surface area contributed by atoms with E-state index in [-0.39, 0.29) is 19.9 Å². The highest BCUT2D eigenvalue weighted by molar-refractivity contribution is 7.99. The van der Waals surface area contributed by atoms with Crippen molar-refractivity contribution in [2.45, 2.75) is 23.7 Å². The van der Waals surface area contributed by atoms with Crippen LogP contribution in [0, 0.1) is 6.92 Å². The van der Waals surface area contributed by atoms with E-state index in [1.165, 1.54) is 16.3 Å². The van der Waals surface area contributed by atoms with Crippen molar-refractivity contribution < 1.29 is 9.84 Å². The normalized spacial score (nSPS) is 10.8. The molecule has 0 aromatic carbocycles. The zero-order valence-electron chi connectivity index (χ0n) is 11.4. The molecule has 2 rings (SSSR count). The second kappa shape index (κ2) is 7.21. The SMILES string of the molecule is Cc1c(Sc2ccccn2)n(COCCO)c(=O)[nH]c1=O. The van der Waals surface area contributed by atoms with Gasteiger partial charge >= 0.3 is 5.69 Å². The average Bonchev–Trinajstić information content (AvgIpc) is 2.49. The van der Waals surface area contributed by atoms with Crippen LogP contribution in [0.15, 0.2) is 44.0 Å². The van der Waals surface area contributed by atoms with Crippen molar-refractivity contribution in [1.82, 2.24) is 14.5 Å². The van der Waals surface area contributed by atoms with Crippen LogP contribution in [0.4, 0.5) is 0 Å². The molecule has 0 unspecified atom stereocenters. The van der Waals surface area contributed by atoms with Gasteiger partial charge in [0.05, 0.1) is 18.2 Å². The number of nitrogens with one attached hydrogen (secondary N) is 1. The second-order valence-electron chi connectivity index (χ2n) is 4.15. The molecule has 2 aromatic heterocycles. The number of aliphatic hydroxyl groups is 1. The Morgan fingerprint density at radius 3 is 2.90 bits per heavy atom. The van der Waals surface area contributed by atoms with Crippen LogP contribution < -0.4 is 11.2 Å². The lowest BCUT2D eigenvalue weighted by molar-refractivity contribution is 0.0411. The van der Waals surface area contributed by atoms with E-state index < -0.39 is 11.2 Å². The van der Waals surface area contributed by atoms with Crippen LogP contribution in [0.25, 0.3) is 0 Å². The van der Waals surface area contributed by atoms with E-state index in [1.54, 1.807) is 25.3 Å². The Morgan fingerprint density at radius 1 is 1.43 bits per heavy atom. The van der Waals surface area contributed by atoms with Gasteiger partial charge in [-0.2, -0.15) is 0 Å². The van der Waals surface area contributed by atoms with Crippen LogP contribution in [0.5, 0.6) is 0 Å². The molecule has 0 fully saturated rings. The molecule has 112 valence electrons. The molecule has 8 heteroatoms. The van der Waals surface area contributed by atoms with Gasteiger partial charge in [-0.15, -0.1) is 0 Å². The zero-order valence-corrected chi connectivity index (χ0v) is 12.2. The monoisotopic (exact) mass is 309 g/mol. The molecule has 0 amide bonds. The van der Waals surface area contributed by atoms with Crippen molar-refractivity contribution in [2.75, 3.05) is 13.2 Å². The van der Waals surface area contributed by atoms with E-state index in [2.05, 4.69) is 9.97 Å².